The van der Waals surface area contributed by atoms with Crippen molar-refractivity contribution in [2.24, 2.45) is 16.6 Å². The number of aliphatic imine (C=N–C) groups is 1. The van der Waals surface area contributed by atoms with Gasteiger partial charge in [-0.25, -0.2) is 8.91 Å². The third-order valence-electron chi connectivity index (χ3n) is 2.85. The molecular formula is C10H18Cl3N3O3S. The van der Waals surface area contributed by atoms with Crippen molar-refractivity contribution >= 4 is 51.1 Å². The first-order chi connectivity index (χ1) is 9.18. The van der Waals surface area contributed by atoms with E-state index in [9.17, 15) is 8.42 Å². The third-order valence-corrected chi connectivity index (χ3v) is 4.07. The maximum Gasteiger partial charge on any atom is 0.362 e. The van der Waals surface area contributed by atoms with Crippen molar-refractivity contribution in [2.45, 2.75) is 35.9 Å². The molecule has 1 aliphatic rings. The second-order valence-corrected chi connectivity index (χ2v) is 8.53. The highest BCUT2D eigenvalue weighted by Gasteiger charge is 2.24. The number of nitrogens with two attached hydrogens (primary N) is 1. The zero-order valence-corrected chi connectivity index (χ0v) is 13.9. The summed E-state index contributed by atoms with van der Waals surface area (Å²) >= 11 is 16.2. The van der Waals surface area contributed by atoms with Gasteiger partial charge < -0.3 is 5.73 Å². The van der Waals surface area contributed by atoms with Gasteiger partial charge in [0.05, 0.1) is 0 Å². The van der Waals surface area contributed by atoms with Gasteiger partial charge in [0.2, 0.25) is 9.75 Å². The van der Waals surface area contributed by atoms with Gasteiger partial charge >= 0.3 is 10.3 Å². The summed E-state index contributed by atoms with van der Waals surface area (Å²) in [5.41, 5.74) is 5.50. The summed E-state index contributed by atoms with van der Waals surface area (Å²) in [6, 6.07) is 0. The minimum atomic E-state index is -4.13. The fourth-order valence-corrected chi connectivity index (χ4v) is 3.00. The van der Waals surface area contributed by atoms with E-state index in [2.05, 4.69) is 9.18 Å². The van der Waals surface area contributed by atoms with Gasteiger partial charge in [-0.2, -0.15) is 8.42 Å². The number of guanidine groups is 1. The molecule has 0 amide bonds. The fourth-order valence-electron chi connectivity index (χ4n) is 1.93. The SMILES string of the molecule is NC(=NCC1CCCCC1)NS(=O)(=O)OCC(Cl)(Cl)Cl. The molecule has 1 aliphatic carbocycles. The smallest absolute Gasteiger partial charge is 0.362 e. The summed E-state index contributed by atoms with van der Waals surface area (Å²) in [7, 11) is -4.13. The Bertz CT molecular complexity index is 431. The van der Waals surface area contributed by atoms with Crippen molar-refractivity contribution < 1.29 is 12.6 Å². The normalized spacial score (nSPS) is 19.1. The number of alkyl halides is 3. The Balaban J connectivity index is 2.40. The molecule has 118 valence electrons. The number of hydrogen-bond acceptors (Lipinski definition) is 4. The van der Waals surface area contributed by atoms with Crippen LogP contribution in [0.4, 0.5) is 0 Å². The van der Waals surface area contributed by atoms with Crippen LogP contribution in [-0.4, -0.2) is 31.3 Å². The van der Waals surface area contributed by atoms with Crippen LogP contribution in [0.1, 0.15) is 32.1 Å². The van der Waals surface area contributed by atoms with Crippen molar-refractivity contribution in [1.29, 1.82) is 0 Å². The van der Waals surface area contributed by atoms with Gasteiger partial charge in [-0.1, -0.05) is 54.1 Å². The van der Waals surface area contributed by atoms with E-state index in [-0.39, 0.29) is 5.96 Å². The van der Waals surface area contributed by atoms with Gasteiger partial charge in [-0.05, 0) is 18.8 Å². The maximum atomic E-state index is 11.5. The van der Waals surface area contributed by atoms with Crippen LogP contribution < -0.4 is 10.5 Å². The van der Waals surface area contributed by atoms with E-state index in [4.69, 9.17) is 40.5 Å². The van der Waals surface area contributed by atoms with Gasteiger partial charge in [0.15, 0.2) is 0 Å². The summed E-state index contributed by atoms with van der Waals surface area (Å²) in [5, 5.41) is 0. The Morgan fingerprint density at radius 3 is 2.45 bits per heavy atom. The molecule has 20 heavy (non-hydrogen) atoms. The minimum absolute atomic E-state index is 0.222. The first kappa shape index (κ1) is 18.1. The van der Waals surface area contributed by atoms with E-state index in [1.165, 1.54) is 19.3 Å². The van der Waals surface area contributed by atoms with Crippen molar-refractivity contribution in [3.63, 3.8) is 0 Å². The molecule has 0 aromatic rings. The highest BCUT2D eigenvalue weighted by molar-refractivity contribution is 7.85. The molecule has 6 nitrogen and oxygen atoms in total. The van der Waals surface area contributed by atoms with E-state index in [1.54, 1.807) is 0 Å². The Morgan fingerprint density at radius 1 is 1.30 bits per heavy atom. The van der Waals surface area contributed by atoms with Gasteiger partial charge in [0.1, 0.15) is 6.61 Å². The van der Waals surface area contributed by atoms with Crippen LogP contribution in [0.15, 0.2) is 4.99 Å². The van der Waals surface area contributed by atoms with E-state index in [1.807, 2.05) is 4.72 Å². The lowest BCUT2D eigenvalue weighted by molar-refractivity contribution is 0.322. The van der Waals surface area contributed by atoms with Crippen LogP contribution in [-0.2, 0) is 14.5 Å². The molecular weight excluding hydrogens is 349 g/mol. The molecule has 1 rings (SSSR count). The average molecular weight is 367 g/mol. The quantitative estimate of drug-likeness (QED) is 0.442. The van der Waals surface area contributed by atoms with Crippen LogP contribution in [0.5, 0.6) is 0 Å². The topological polar surface area (TPSA) is 93.8 Å². The Morgan fingerprint density at radius 2 is 1.90 bits per heavy atom. The summed E-state index contributed by atoms with van der Waals surface area (Å²) < 4.78 is 27.6. The van der Waals surface area contributed by atoms with E-state index in [0.717, 1.165) is 12.8 Å². The summed E-state index contributed by atoms with van der Waals surface area (Å²) in [5.74, 6) is 0.230. The van der Waals surface area contributed by atoms with E-state index >= 15 is 0 Å². The highest BCUT2D eigenvalue weighted by atomic mass is 35.6. The van der Waals surface area contributed by atoms with Gasteiger partial charge in [0.25, 0.3) is 0 Å². The monoisotopic (exact) mass is 365 g/mol. The zero-order valence-electron chi connectivity index (χ0n) is 10.8. The molecule has 0 aromatic heterocycles. The Kier molecular flexibility index (Phi) is 7.14. The van der Waals surface area contributed by atoms with Crippen LogP contribution >= 0.6 is 34.8 Å². The molecule has 0 heterocycles. The van der Waals surface area contributed by atoms with Crippen LogP contribution in [0, 0.1) is 5.92 Å². The molecule has 0 aromatic carbocycles. The lowest BCUT2D eigenvalue weighted by Gasteiger charge is -2.19. The lowest BCUT2D eigenvalue weighted by atomic mass is 9.89. The van der Waals surface area contributed by atoms with Crippen molar-refractivity contribution in [3.05, 3.63) is 0 Å². The first-order valence-corrected chi connectivity index (χ1v) is 8.76. The molecule has 0 aliphatic heterocycles. The van der Waals surface area contributed by atoms with Crippen LogP contribution in [0.3, 0.4) is 0 Å². The second kappa shape index (κ2) is 7.89. The molecule has 0 unspecified atom stereocenters. The van der Waals surface area contributed by atoms with Crippen molar-refractivity contribution in [2.75, 3.05) is 13.2 Å². The first-order valence-electron chi connectivity index (χ1n) is 6.22. The van der Waals surface area contributed by atoms with Crippen molar-refractivity contribution in [3.8, 4) is 0 Å². The Hall–Kier alpha value is 0.0500. The molecule has 0 saturated heterocycles. The van der Waals surface area contributed by atoms with E-state index in [0.29, 0.717) is 12.5 Å². The predicted molar refractivity (Wildman–Crippen MR) is 81.4 cm³/mol. The molecule has 1 fully saturated rings. The zero-order chi connectivity index (χ0) is 15.2. The van der Waals surface area contributed by atoms with Gasteiger partial charge in [-0.15, -0.1) is 0 Å². The highest BCUT2D eigenvalue weighted by Crippen LogP contribution is 2.26. The van der Waals surface area contributed by atoms with E-state index < -0.39 is 20.7 Å². The number of hydrogen-bond donors (Lipinski definition) is 2. The number of rotatable bonds is 5. The summed E-state index contributed by atoms with van der Waals surface area (Å²) in [4.78, 5) is 4.00. The fraction of sp³-hybridized carbons (Fsp3) is 0.900. The third kappa shape index (κ3) is 8.36. The van der Waals surface area contributed by atoms with Crippen LogP contribution in [0.25, 0.3) is 0 Å². The molecule has 0 radical (unpaired) electrons. The second-order valence-electron chi connectivity index (χ2n) is 4.66. The molecule has 0 bridgehead atoms. The molecule has 1 saturated carbocycles. The predicted octanol–water partition coefficient (Wildman–Crippen LogP) is 2.10. The minimum Gasteiger partial charge on any atom is -0.369 e. The summed E-state index contributed by atoms with van der Waals surface area (Å²) in [6.07, 6.45) is 5.78. The lowest BCUT2D eigenvalue weighted by Crippen LogP contribution is -2.39. The number of nitrogens with zero attached hydrogens (tertiary/aromatic N) is 1. The van der Waals surface area contributed by atoms with Gasteiger partial charge in [0, 0.05) is 6.54 Å². The number of halogens is 3. The average Bonchev–Trinajstić information content (AvgIpc) is 2.34. The standard InChI is InChI=1S/C10H18Cl3N3O3S/c11-10(12,13)7-19-20(17,18)16-9(14)15-6-8-4-2-1-3-5-8/h8H,1-7H2,(H3,14,15,16). The maximum absolute atomic E-state index is 11.5. The summed E-state index contributed by atoms with van der Waals surface area (Å²) in [6.45, 7) is -0.109. The molecule has 0 atom stereocenters. The number of nitrogens with one attached hydrogen (secondary N) is 1. The van der Waals surface area contributed by atoms with Gasteiger partial charge in [-0.3, -0.25) is 4.99 Å². The van der Waals surface area contributed by atoms with Crippen LogP contribution in [0.2, 0.25) is 0 Å². The Labute approximate surface area is 134 Å². The molecule has 0 spiro atoms. The molecule has 3 N–H and O–H groups in total. The van der Waals surface area contributed by atoms with Crippen molar-refractivity contribution in [1.82, 2.24) is 4.72 Å². The molecule has 10 heteroatoms. The largest absolute Gasteiger partial charge is 0.369 e.